The summed E-state index contributed by atoms with van der Waals surface area (Å²) in [6, 6.07) is 1.80. The number of thiophene rings is 1. The van der Waals surface area contributed by atoms with Crippen molar-refractivity contribution in [2.75, 3.05) is 7.11 Å². The fourth-order valence-electron chi connectivity index (χ4n) is 1.13. The first-order valence-electron chi connectivity index (χ1n) is 4.68. The van der Waals surface area contributed by atoms with Crippen molar-refractivity contribution in [3.05, 3.63) is 21.9 Å². The molecule has 15 heavy (non-hydrogen) atoms. The molecule has 4 heteroatoms. The third kappa shape index (κ3) is 3.25. The molecule has 1 aromatic rings. The van der Waals surface area contributed by atoms with Gasteiger partial charge in [0.2, 0.25) is 0 Å². The second-order valence-corrected chi connectivity index (χ2v) is 4.51. The molecule has 0 saturated carbocycles. The van der Waals surface area contributed by atoms with Crippen LogP contribution in [0.1, 0.15) is 28.6 Å². The summed E-state index contributed by atoms with van der Waals surface area (Å²) >= 11 is 1.51. The highest BCUT2D eigenvalue weighted by molar-refractivity contribution is 7.10. The molecule has 1 unspecified atom stereocenters. The van der Waals surface area contributed by atoms with Crippen LogP contribution in [0.2, 0.25) is 0 Å². The van der Waals surface area contributed by atoms with Crippen molar-refractivity contribution in [3.8, 4) is 0 Å². The maximum absolute atomic E-state index is 11.6. The summed E-state index contributed by atoms with van der Waals surface area (Å²) in [5.41, 5.74) is 0.620. The number of hydrogen-bond acceptors (Lipinski definition) is 4. The van der Waals surface area contributed by atoms with Crippen LogP contribution >= 0.6 is 11.3 Å². The Hall–Kier alpha value is -1.00. The molecule has 1 aromatic heterocycles. The molecule has 0 bridgehead atoms. The van der Waals surface area contributed by atoms with Crippen LogP contribution in [0, 0.1) is 6.92 Å². The molecule has 0 aliphatic rings. The van der Waals surface area contributed by atoms with Gasteiger partial charge < -0.3 is 4.74 Å². The van der Waals surface area contributed by atoms with Crippen molar-refractivity contribution >= 4 is 22.9 Å². The van der Waals surface area contributed by atoms with Crippen molar-refractivity contribution < 1.29 is 14.3 Å². The summed E-state index contributed by atoms with van der Waals surface area (Å²) in [4.78, 5) is 24.1. The minimum Gasteiger partial charge on any atom is -0.374 e. The Labute approximate surface area is 93.1 Å². The molecule has 0 radical (unpaired) electrons. The first kappa shape index (κ1) is 12.1. The fourth-order valence-corrected chi connectivity index (χ4v) is 1.83. The molecule has 1 atom stereocenters. The van der Waals surface area contributed by atoms with E-state index in [0.717, 1.165) is 4.88 Å². The van der Waals surface area contributed by atoms with Gasteiger partial charge in [-0.25, -0.2) is 0 Å². The van der Waals surface area contributed by atoms with Crippen molar-refractivity contribution in [3.63, 3.8) is 0 Å². The number of Topliss-reactive ketones (excluding diaryl/α,β-unsaturated/α-hetero) is 2. The largest absolute Gasteiger partial charge is 0.374 e. The molecule has 0 amide bonds. The Bertz CT molecular complexity index is 368. The highest BCUT2D eigenvalue weighted by atomic mass is 32.1. The molecule has 0 aliphatic carbocycles. The zero-order valence-electron chi connectivity index (χ0n) is 9.07. The third-order valence-corrected chi connectivity index (χ3v) is 3.06. The quantitative estimate of drug-likeness (QED) is 0.571. The number of methoxy groups -OCH3 is 1. The van der Waals surface area contributed by atoms with Crippen LogP contribution in [0.4, 0.5) is 0 Å². The van der Waals surface area contributed by atoms with Crippen LogP contribution in [0.3, 0.4) is 0 Å². The lowest BCUT2D eigenvalue weighted by molar-refractivity contribution is -0.126. The molecule has 0 saturated heterocycles. The van der Waals surface area contributed by atoms with Crippen LogP contribution in [-0.2, 0) is 9.53 Å². The molecule has 0 spiro atoms. The Morgan fingerprint density at radius 1 is 1.53 bits per heavy atom. The average molecular weight is 226 g/mol. The Morgan fingerprint density at radius 3 is 2.67 bits per heavy atom. The Morgan fingerprint density at radius 2 is 2.20 bits per heavy atom. The van der Waals surface area contributed by atoms with E-state index in [0.29, 0.717) is 5.56 Å². The summed E-state index contributed by atoms with van der Waals surface area (Å²) < 4.78 is 4.85. The van der Waals surface area contributed by atoms with Crippen molar-refractivity contribution in [1.29, 1.82) is 0 Å². The molecule has 0 aromatic carbocycles. The SMILES string of the molecule is COC(C)C(=O)CC(=O)c1csc(C)c1. The Kier molecular flexibility index (Phi) is 4.17. The Balaban J connectivity index is 2.60. The van der Waals surface area contributed by atoms with Gasteiger partial charge in [-0.1, -0.05) is 0 Å². The number of carbonyl (C=O) groups excluding carboxylic acids is 2. The van der Waals surface area contributed by atoms with Crippen LogP contribution in [0.15, 0.2) is 11.4 Å². The van der Waals surface area contributed by atoms with Crippen molar-refractivity contribution in [1.82, 2.24) is 0 Å². The van der Waals surface area contributed by atoms with Gasteiger partial charge in [-0.15, -0.1) is 11.3 Å². The molecule has 1 heterocycles. The van der Waals surface area contributed by atoms with Gasteiger partial charge in [0.05, 0.1) is 6.42 Å². The summed E-state index contributed by atoms with van der Waals surface area (Å²) in [5.74, 6) is -0.306. The minimum atomic E-state index is -0.506. The maximum atomic E-state index is 11.6. The van der Waals surface area contributed by atoms with E-state index in [2.05, 4.69) is 0 Å². The van der Waals surface area contributed by atoms with Crippen molar-refractivity contribution in [2.24, 2.45) is 0 Å². The van der Waals surface area contributed by atoms with Gasteiger partial charge in [-0.3, -0.25) is 9.59 Å². The van der Waals surface area contributed by atoms with E-state index in [-0.39, 0.29) is 18.0 Å². The van der Waals surface area contributed by atoms with E-state index in [1.165, 1.54) is 18.4 Å². The number of aryl methyl sites for hydroxylation is 1. The predicted molar refractivity (Wildman–Crippen MR) is 59.5 cm³/mol. The highest BCUT2D eigenvalue weighted by Gasteiger charge is 2.17. The summed E-state index contributed by atoms with van der Waals surface area (Å²) in [6.07, 6.45) is -0.584. The monoisotopic (exact) mass is 226 g/mol. The lowest BCUT2D eigenvalue weighted by Crippen LogP contribution is -2.21. The van der Waals surface area contributed by atoms with E-state index in [9.17, 15) is 9.59 Å². The second kappa shape index (κ2) is 5.19. The number of hydrogen-bond donors (Lipinski definition) is 0. The minimum absolute atomic E-state index is 0.0782. The molecular weight excluding hydrogens is 212 g/mol. The maximum Gasteiger partial charge on any atom is 0.171 e. The molecular formula is C11H14O3S. The van der Waals surface area contributed by atoms with E-state index < -0.39 is 6.10 Å². The lowest BCUT2D eigenvalue weighted by atomic mass is 10.1. The van der Waals surface area contributed by atoms with Crippen LogP contribution in [0.5, 0.6) is 0 Å². The standard InChI is InChI=1S/C11H14O3S/c1-7-4-9(6-15-7)11(13)5-10(12)8(2)14-3/h4,6,8H,5H2,1-3H3. The van der Waals surface area contributed by atoms with Gasteiger partial charge in [0.1, 0.15) is 6.10 Å². The van der Waals surface area contributed by atoms with Gasteiger partial charge in [0, 0.05) is 22.9 Å². The van der Waals surface area contributed by atoms with Gasteiger partial charge in [-0.05, 0) is 19.9 Å². The molecule has 0 fully saturated rings. The highest BCUT2D eigenvalue weighted by Crippen LogP contribution is 2.15. The van der Waals surface area contributed by atoms with E-state index in [1.54, 1.807) is 18.4 Å². The summed E-state index contributed by atoms with van der Waals surface area (Å²) in [7, 11) is 1.46. The predicted octanol–water partition coefficient (Wildman–Crippen LogP) is 2.23. The fraction of sp³-hybridized carbons (Fsp3) is 0.455. The smallest absolute Gasteiger partial charge is 0.171 e. The first-order chi connectivity index (χ1) is 7.04. The molecule has 1 rings (SSSR count). The molecule has 0 N–H and O–H groups in total. The van der Waals surface area contributed by atoms with Crippen LogP contribution in [0.25, 0.3) is 0 Å². The van der Waals surface area contributed by atoms with Gasteiger partial charge >= 0.3 is 0 Å². The van der Waals surface area contributed by atoms with E-state index >= 15 is 0 Å². The van der Waals surface area contributed by atoms with Gasteiger partial charge in [-0.2, -0.15) is 0 Å². The summed E-state index contributed by atoms with van der Waals surface area (Å²) in [6.45, 7) is 3.58. The molecule has 82 valence electrons. The van der Waals surface area contributed by atoms with Crippen molar-refractivity contribution in [2.45, 2.75) is 26.4 Å². The lowest BCUT2D eigenvalue weighted by Gasteiger charge is -2.06. The zero-order chi connectivity index (χ0) is 11.4. The second-order valence-electron chi connectivity index (χ2n) is 3.39. The topological polar surface area (TPSA) is 43.4 Å². The van der Waals surface area contributed by atoms with E-state index in [1.807, 2.05) is 6.92 Å². The zero-order valence-corrected chi connectivity index (χ0v) is 9.89. The number of carbonyl (C=O) groups is 2. The number of ketones is 2. The average Bonchev–Trinajstić information content (AvgIpc) is 2.63. The van der Waals surface area contributed by atoms with Crippen LogP contribution in [-0.4, -0.2) is 24.8 Å². The number of ether oxygens (including phenoxy) is 1. The summed E-state index contributed by atoms with van der Waals surface area (Å²) in [5, 5.41) is 1.78. The van der Waals surface area contributed by atoms with Crippen LogP contribution < -0.4 is 0 Å². The molecule has 0 aliphatic heterocycles. The normalized spacial score (nSPS) is 12.5. The van der Waals surface area contributed by atoms with Gasteiger partial charge in [0.15, 0.2) is 11.6 Å². The first-order valence-corrected chi connectivity index (χ1v) is 5.56. The van der Waals surface area contributed by atoms with E-state index in [4.69, 9.17) is 4.74 Å². The number of rotatable bonds is 5. The van der Waals surface area contributed by atoms with Gasteiger partial charge in [0.25, 0.3) is 0 Å². The third-order valence-electron chi connectivity index (χ3n) is 2.19. The molecule has 3 nitrogen and oxygen atoms in total.